The average Bonchev–Trinajstić information content (AvgIpc) is 2.77. The van der Waals surface area contributed by atoms with Crippen molar-refractivity contribution in [3.05, 3.63) is 58.7 Å². The van der Waals surface area contributed by atoms with Crippen molar-refractivity contribution in [2.45, 2.75) is 44.3 Å². The van der Waals surface area contributed by atoms with Gasteiger partial charge in [-0.05, 0) is 42.7 Å². The van der Waals surface area contributed by atoms with E-state index in [4.69, 9.17) is 19.2 Å². The van der Waals surface area contributed by atoms with Gasteiger partial charge in [0.15, 0.2) is 11.5 Å². The first-order valence-electron chi connectivity index (χ1n) is 9.95. The highest BCUT2D eigenvalue weighted by Crippen LogP contribution is 2.45. The summed E-state index contributed by atoms with van der Waals surface area (Å²) in [7, 11) is 2.76. The minimum absolute atomic E-state index is 0.0397. The van der Waals surface area contributed by atoms with Crippen LogP contribution in [0.5, 0.6) is 11.5 Å². The molecular formula is C23H23F2NO4. The summed E-state index contributed by atoms with van der Waals surface area (Å²) in [6.45, 7) is -2.93. The summed E-state index contributed by atoms with van der Waals surface area (Å²) in [5.41, 5.74) is 3.87. The molecule has 4 rings (SSSR count). The average molecular weight is 415 g/mol. The first-order chi connectivity index (χ1) is 14.5. The van der Waals surface area contributed by atoms with E-state index in [0.29, 0.717) is 5.56 Å². The molecule has 0 radical (unpaired) electrons. The van der Waals surface area contributed by atoms with Crippen molar-refractivity contribution >= 4 is 11.7 Å². The zero-order valence-corrected chi connectivity index (χ0v) is 16.9. The van der Waals surface area contributed by atoms with Gasteiger partial charge in [-0.1, -0.05) is 25.0 Å². The maximum absolute atomic E-state index is 12.9. The number of alkyl halides is 2. The molecule has 0 N–H and O–H groups in total. The van der Waals surface area contributed by atoms with Crippen LogP contribution in [0.25, 0.3) is 0 Å². The number of benzene rings is 2. The number of carbonyl (C=O) groups excluding carboxylic acids is 1. The Morgan fingerprint density at radius 1 is 1.07 bits per heavy atom. The second-order valence-electron chi connectivity index (χ2n) is 7.47. The van der Waals surface area contributed by atoms with Crippen LogP contribution in [-0.4, -0.2) is 38.6 Å². The highest BCUT2D eigenvalue weighted by atomic mass is 19.3. The van der Waals surface area contributed by atoms with Gasteiger partial charge in [0.25, 0.3) is 0 Å². The number of methoxy groups -OCH3 is 2. The van der Waals surface area contributed by atoms with Crippen LogP contribution in [0.4, 0.5) is 8.78 Å². The van der Waals surface area contributed by atoms with E-state index in [2.05, 4.69) is 0 Å². The zero-order valence-electron chi connectivity index (χ0n) is 16.9. The Morgan fingerprint density at radius 2 is 1.80 bits per heavy atom. The largest absolute Gasteiger partial charge is 0.493 e. The lowest BCUT2D eigenvalue weighted by Crippen LogP contribution is -2.29. The third-order valence-electron chi connectivity index (χ3n) is 5.81. The number of aliphatic imine (C=N–C) groups is 1. The molecule has 0 aromatic heterocycles. The van der Waals surface area contributed by atoms with Crippen LogP contribution in [0.15, 0.2) is 41.4 Å². The van der Waals surface area contributed by atoms with E-state index in [0.717, 1.165) is 48.1 Å². The Morgan fingerprint density at radius 3 is 2.47 bits per heavy atom. The maximum atomic E-state index is 12.9. The molecule has 158 valence electrons. The fourth-order valence-electron chi connectivity index (χ4n) is 4.41. The van der Waals surface area contributed by atoms with Crippen LogP contribution < -0.4 is 9.47 Å². The summed E-state index contributed by atoms with van der Waals surface area (Å²) in [4.78, 5) is 16.8. The minimum Gasteiger partial charge on any atom is -0.493 e. The number of rotatable bonds is 5. The molecule has 7 heteroatoms. The second-order valence-corrected chi connectivity index (χ2v) is 7.47. The summed E-state index contributed by atoms with van der Waals surface area (Å²) < 4.78 is 40.7. The number of carbonyl (C=O) groups is 1. The van der Waals surface area contributed by atoms with Crippen molar-refractivity contribution in [3.8, 4) is 11.5 Å². The van der Waals surface area contributed by atoms with Crippen LogP contribution in [0.3, 0.4) is 0 Å². The molecule has 2 aliphatic rings. The Labute approximate surface area is 173 Å². The lowest BCUT2D eigenvalue weighted by Gasteiger charge is -2.35. The zero-order chi connectivity index (χ0) is 21.3. The second kappa shape index (κ2) is 8.42. The van der Waals surface area contributed by atoms with E-state index in [9.17, 15) is 13.6 Å². The molecule has 5 nitrogen and oxygen atoms in total. The molecule has 2 aromatic rings. The highest BCUT2D eigenvalue weighted by molar-refractivity contribution is 6.15. The van der Waals surface area contributed by atoms with Gasteiger partial charge in [-0.25, -0.2) is 4.79 Å². The van der Waals surface area contributed by atoms with Gasteiger partial charge >= 0.3 is 12.6 Å². The number of hydrogen-bond donors (Lipinski definition) is 0. The minimum atomic E-state index is -2.93. The summed E-state index contributed by atoms with van der Waals surface area (Å²) in [6, 6.07) is 10.5. The quantitative estimate of drug-likeness (QED) is 0.648. The molecule has 1 fully saturated rings. The van der Waals surface area contributed by atoms with Crippen molar-refractivity contribution in [3.63, 3.8) is 0 Å². The molecule has 1 saturated carbocycles. The summed E-state index contributed by atoms with van der Waals surface area (Å²) in [5.74, 6) is 0.0353. The predicted molar refractivity (Wildman–Crippen MR) is 108 cm³/mol. The van der Waals surface area contributed by atoms with Crippen molar-refractivity contribution in [1.29, 1.82) is 0 Å². The first-order valence-corrected chi connectivity index (χ1v) is 9.95. The van der Waals surface area contributed by atoms with Crippen molar-refractivity contribution in [1.82, 2.24) is 0 Å². The maximum Gasteiger partial charge on any atom is 0.387 e. The van der Waals surface area contributed by atoms with Gasteiger partial charge in [-0.15, -0.1) is 0 Å². The fraction of sp³-hybridized carbons (Fsp3) is 0.391. The summed E-state index contributed by atoms with van der Waals surface area (Å²) in [6.07, 6.45) is 4.07. The Kier molecular flexibility index (Phi) is 5.70. The third kappa shape index (κ3) is 3.76. The molecule has 0 bridgehead atoms. The summed E-state index contributed by atoms with van der Waals surface area (Å²) >= 11 is 0. The van der Waals surface area contributed by atoms with Gasteiger partial charge in [0.05, 0.1) is 31.5 Å². The molecule has 0 unspecified atom stereocenters. The van der Waals surface area contributed by atoms with Crippen molar-refractivity contribution in [2.24, 2.45) is 4.99 Å². The third-order valence-corrected chi connectivity index (χ3v) is 5.81. The van der Waals surface area contributed by atoms with Crippen LogP contribution in [0, 0.1) is 0 Å². The number of hydrogen-bond acceptors (Lipinski definition) is 5. The molecule has 30 heavy (non-hydrogen) atoms. The molecule has 0 amide bonds. The number of nitrogens with zero attached hydrogens (tertiary/aromatic N) is 1. The van der Waals surface area contributed by atoms with Crippen molar-refractivity contribution < 1.29 is 27.8 Å². The molecule has 0 saturated heterocycles. The molecule has 1 aliphatic carbocycles. The van der Waals surface area contributed by atoms with Crippen LogP contribution in [-0.2, 0) is 4.74 Å². The lowest BCUT2D eigenvalue weighted by molar-refractivity contribution is -0.0512. The summed E-state index contributed by atoms with van der Waals surface area (Å²) in [5, 5.41) is 0. The Balaban J connectivity index is 1.82. The predicted octanol–water partition coefficient (Wildman–Crippen LogP) is 4.96. The monoisotopic (exact) mass is 415 g/mol. The van der Waals surface area contributed by atoms with E-state index in [1.54, 1.807) is 24.3 Å². The van der Waals surface area contributed by atoms with Gasteiger partial charge in [-0.2, -0.15) is 8.78 Å². The molecule has 1 aliphatic heterocycles. The van der Waals surface area contributed by atoms with E-state index in [-0.39, 0.29) is 23.5 Å². The molecular weight excluding hydrogens is 392 g/mol. The Hall–Kier alpha value is -2.96. The molecule has 2 aromatic carbocycles. The topological polar surface area (TPSA) is 57.1 Å². The highest BCUT2D eigenvalue weighted by Gasteiger charge is 2.35. The first kappa shape index (κ1) is 20.3. The van der Waals surface area contributed by atoms with Gasteiger partial charge in [0.2, 0.25) is 0 Å². The van der Waals surface area contributed by atoms with E-state index < -0.39 is 12.6 Å². The van der Waals surface area contributed by atoms with Crippen LogP contribution in [0.1, 0.15) is 58.6 Å². The van der Waals surface area contributed by atoms with Gasteiger partial charge in [-0.3, -0.25) is 4.99 Å². The van der Waals surface area contributed by atoms with E-state index >= 15 is 0 Å². The van der Waals surface area contributed by atoms with Gasteiger partial charge < -0.3 is 14.2 Å². The lowest BCUT2D eigenvalue weighted by atomic mass is 9.75. The van der Waals surface area contributed by atoms with Crippen LogP contribution >= 0.6 is 0 Å². The number of halogens is 2. The van der Waals surface area contributed by atoms with Crippen LogP contribution in [0.2, 0.25) is 0 Å². The van der Waals surface area contributed by atoms with E-state index in [1.165, 1.54) is 14.2 Å². The SMILES string of the molecule is COC(=O)c1ccc(C2=N[C@@H]3CCCC[C@@H]3c3cc(OC(F)F)c(OC)cc32)cc1. The van der Waals surface area contributed by atoms with Gasteiger partial charge in [0.1, 0.15) is 0 Å². The number of fused-ring (bicyclic) bond motifs is 3. The number of esters is 1. The fourth-order valence-corrected chi connectivity index (χ4v) is 4.41. The molecule has 2 atom stereocenters. The Bertz CT molecular complexity index is 972. The normalized spacial score (nSPS) is 20.1. The van der Waals surface area contributed by atoms with Crippen molar-refractivity contribution in [2.75, 3.05) is 14.2 Å². The molecule has 1 heterocycles. The van der Waals surface area contributed by atoms with Gasteiger partial charge in [0, 0.05) is 17.0 Å². The number of ether oxygens (including phenoxy) is 3. The standard InChI is InChI=1S/C23H23F2NO4/c1-28-19-12-17-16(11-20(19)30-23(24)25)15-5-3-4-6-18(15)26-21(17)13-7-9-14(10-8-13)22(27)29-2/h7-12,15,18,23H,3-6H2,1-2H3/t15-,18-/m1/s1. The molecule has 0 spiro atoms. The van der Waals surface area contributed by atoms with E-state index in [1.807, 2.05) is 12.1 Å². The smallest absolute Gasteiger partial charge is 0.387 e.